The summed E-state index contributed by atoms with van der Waals surface area (Å²) in [6.45, 7) is 5.41. The zero-order valence-electron chi connectivity index (χ0n) is 29.5. The summed E-state index contributed by atoms with van der Waals surface area (Å²) in [5.74, 6) is -2.20. The highest BCUT2D eigenvalue weighted by atomic mass is 32.2. The second kappa shape index (κ2) is 23.0. The molecule has 2 aromatic rings. The van der Waals surface area contributed by atoms with Gasteiger partial charge in [-0.25, -0.2) is 0 Å². The molecule has 1 atom stereocenters. The molecule has 2 aliphatic heterocycles. The van der Waals surface area contributed by atoms with Gasteiger partial charge in [0.1, 0.15) is 6.04 Å². The van der Waals surface area contributed by atoms with E-state index < -0.39 is 39.8 Å². The fraction of sp³-hybridized carbons (Fsp3) is 0.543. The highest BCUT2D eigenvalue weighted by Crippen LogP contribution is 2.32. The molecular formula is C35H47N3O14S. The Morgan fingerprint density at radius 1 is 0.623 bits per heavy atom. The third kappa shape index (κ3) is 13.8. The van der Waals surface area contributed by atoms with Gasteiger partial charge in [0.15, 0.2) is 0 Å². The van der Waals surface area contributed by atoms with Crippen LogP contribution >= 0.6 is 0 Å². The van der Waals surface area contributed by atoms with Crippen molar-refractivity contribution in [2.24, 2.45) is 0 Å². The van der Waals surface area contributed by atoms with E-state index >= 15 is 0 Å². The number of anilines is 1. The molecule has 0 spiro atoms. The third-order valence-electron chi connectivity index (χ3n) is 7.76. The minimum atomic E-state index is -3.78. The van der Waals surface area contributed by atoms with Crippen molar-refractivity contribution >= 4 is 39.4 Å². The van der Waals surface area contributed by atoms with Crippen molar-refractivity contribution in [3.05, 3.63) is 59.7 Å². The van der Waals surface area contributed by atoms with Crippen LogP contribution in [0.3, 0.4) is 0 Å². The number of benzene rings is 2. The van der Waals surface area contributed by atoms with E-state index in [1.807, 2.05) is 0 Å². The number of rotatable bonds is 28. The number of carbonyl (C=O) groups excluding carboxylic acids is 4. The molecule has 0 saturated carbocycles. The quantitative estimate of drug-likeness (QED) is 0.0706. The summed E-state index contributed by atoms with van der Waals surface area (Å²) in [7, 11) is -3.78. The lowest BCUT2D eigenvalue weighted by atomic mass is 10.0. The second-order valence-corrected chi connectivity index (χ2v) is 13.1. The standard InChI is InChI=1S/C35H47N3O14S/c39-31-10-9-30(33(40)37-31)38-34(41)28-7-4-8-29(32(28)35(38)42)36-11-12-45-13-14-46-15-16-47-17-18-48-19-20-49-21-22-50-23-24-51-25-26-52-53(43,44)27-5-2-1-3-6-27/h1-8,30,36H,9-26H2,(H,37,39,40). The fourth-order valence-corrected chi connectivity index (χ4v) is 6.11. The first-order valence-corrected chi connectivity index (χ1v) is 18.8. The molecule has 1 saturated heterocycles. The Labute approximate surface area is 308 Å². The van der Waals surface area contributed by atoms with E-state index in [2.05, 4.69) is 10.6 Å². The first kappa shape index (κ1) is 41.9. The predicted molar refractivity (Wildman–Crippen MR) is 187 cm³/mol. The maximum absolute atomic E-state index is 13.1. The molecule has 292 valence electrons. The van der Waals surface area contributed by atoms with Gasteiger partial charge in [0.2, 0.25) is 11.8 Å². The fourth-order valence-electron chi connectivity index (χ4n) is 5.20. The molecule has 53 heavy (non-hydrogen) atoms. The van der Waals surface area contributed by atoms with Crippen LogP contribution in [0.2, 0.25) is 0 Å². The monoisotopic (exact) mass is 765 g/mol. The van der Waals surface area contributed by atoms with Crippen molar-refractivity contribution in [1.82, 2.24) is 10.2 Å². The number of nitrogens with zero attached hydrogens (tertiary/aromatic N) is 1. The highest BCUT2D eigenvalue weighted by Gasteiger charge is 2.45. The lowest BCUT2D eigenvalue weighted by Gasteiger charge is -2.27. The van der Waals surface area contributed by atoms with Crippen molar-refractivity contribution in [1.29, 1.82) is 0 Å². The Hall–Kier alpha value is -3.85. The minimum Gasteiger partial charge on any atom is -0.382 e. The number of amides is 4. The summed E-state index contributed by atoms with van der Waals surface area (Å²) in [6.07, 6.45) is 0.156. The molecule has 17 nitrogen and oxygen atoms in total. The van der Waals surface area contributed by atoms with Crippen LogP contribution in [-0.2, 0) is 57.0 Å². The first-order chi connectivity index (χ1) is 25.8. The average Bonchev–Trinajstić information content (AvgIpc) is 3.41. The van der Waals surface area contributed by atoms with Gasteiger partial charge >= 0.3 is 0 Å². The zero-order valence-corrected chi connectivity index (χ0v) is 30.3. The molecule has 0 aromatic heterocycles. The largest absolute Gasteiger partial charge is 0.382 e. The molecule has 18 heteroatoms. The Morgan fingerprint density at radius 2 is 1.13 bits per heavy atom. The summed E-state index contributed by atoms with van der Waals surface area (Å²) in [5.41, 5.74) is 0.880. The Bertz CT molecular complexity index is 1580. The van der Waals surface area contributed by atoms with Crippen LogP contribution in [0.1, 0.15) is 33.6 Å². The molecule has 2 heterocycles. The molecule has 2 N–H and O–H groups in total. The van der Waals surface area contributed by atoms with Gasteiger partial charge in [0.25, 0.3) is 21.9 Å². The maximum Gasteiger partial charge on any atom is 0.297 e. The van der Waals surface area contributed by atoms with Crippen LogP contribution in [0.25, 0.3) is 0 Å². The Kier molecular flexibility index (Phi) is 18.2. The van der Waals surface area contributed by atoms with Crippen LogP contribution in [-0.4, -0.2) is 149 Å². The first-order valence-electron chi connectivity index (χ1n) is 17.4. The van der Waals surface area contributed by atoms with Crippen LogP contribution in [0.15, 0.2) is 53.4 Å². The smallest absolute Gasteiger partial charge is 0.297 e. The van der Waals surface area contributed by atoms with Crippen molar-refractivity contribution in [2.75, 3.05) is 111 Å². The van der Waals surface area contributed by atoms with Gasteiger partial charge < -0.3 is 38.5 Å². The molecule has 0 bridgehead atoms. The number of hydrogen-bond acceptors (Lipinski definition) is 15. The summed E-state index contributed by atoms with van der Waals surface area (Å²) in [4.78, 5) is 50.9. The van der Waals surface area contributed by atoms with E-state index in [1.165, 1.54) is 12.1 Å². The molecular weight excluding hydrogens is 718 g/mol. The van der Waals surface area contributed by atoms with E-state index in [0.717, 1.165) is 4.90 Å². The molecule has 4 amide bonds. The number of imide groups is 2. The van der Waals surface area contributed by atoms with Crippen molar-refractivity contribution < 1.29 is 64.9 Å². The van der Waals surface area contributed by atoms with Gasteiger partial charge in [0.05, 0.1) is 115 Å². The molecule has 2 aliphatic rings. The third-order valence-corrected chi connectivity index (χ3v) is 9.09. The lowest BCUT2D eigenvalue weighted by molar-refractivity contribution is -0.136. The van der Waals surface area contributed by atoms with E-state index in [1.54, 1.807) is 36.4 Å². The summed E-state index contributed by atoms with van der Waals surface area (Å²) >= 11 is 0. The molecule has 1 fully saturated rings. The van der Waals surface area contributed by atoms with Gasteiger partial charge in [-0.15, -0.1) is 0 Å². The van der Waals surface area contributed by atoms with Crippen molar-refractivity contribution in [3.63, 3.8) is 0 Å². The van der Waals surface area contributed by atoms with Crippen LogP contribution in [0, 0.1) is 0 Å². The molecule has 1 unspecified atom stereocenters. The average molecular weight is 766 g/mol. The SMILES string of the molecule is O=C1CCC(N2C(=O)c3cccc(NCCOCCOCCOCCOCCOCCOCCOCCOS(=O)(=O)c4ccccc4)c3C2=O)C(=O)N1. The van der Waals surface area contributed by atoms with Gasteiger partial charge in [0, 0.05) is 18.7 Å². The number of fused-ring (bicyclic) bond motifs is 1. The second-order valence-electron chi connectivity index (χ2n) is 11.5. The minimum absolute atomic E-state index is 0.0592. The van der Waals surface area contributed by atoms with Gasteiger partial charge in [-0.3, -0.25) is 33.6 Å². The lowest BCUT2D eigenvalue weighted by Crippen LogP contribution is -2.54. The molecule has 0 radical (unpaired) electrons. The van der Waals surface area contributed by atoms with Crippen LogP contribution in [0.4, 0.5) is 5.69 Å². The van der Waals surface area contributed by atoms with E-state index in [0.29, 0.717) is 98.1 Å². The van der Waals surface area contributed by atoms with Crippen LogP contribution < -0.4 is 10.6 Å². The van der Waals surface area contributed by atoms with E-state index in [4.69, 9.17) is 37.3 Å². The molecule has 4 rings (SSSR count). The van der Waals surface area contributed by atoms with Gasteiger partial charge in [-0.05, 0) is 30.7 Å². The Morgan fingerprint density at radius 3 is 1.66 bits per heavy atom. The summed E-state index contributed by atoms with van der Waals surface area (Å²) in [5, 5.41) is 5.31. The molecule has 0 aliphatic carbocycles. The maximum atomic E-state index is 13.1. The number of hydrogen-bond donors (Lipinski definition) is 2. The number of nitrogens with one attached hydrogen (secondary N) is 2. The topological polar surface area (TPSA) is 204 Å². The number of ether oxygens (including phenoxy) is 7. The van der Waals surface area contributed by atoms with Gasteiger partial charge in [-0.2, -0.15) is 8.42 Å². The van der Waals surface area contributed by atoms with E-state index in [9.17, 15) is 27.6 Å². The number of piperidine rings is 1. The number of carbonyl (C=O) groups is 4. The normalized spacial score (nSPS) is 15.9. The van der Waals surface area contributed by atoms with Crippen LogP contribution in [0.5, 0.6) is 0 Å². The summed E-state index contributed by atoms with van der Waals surface area (Å²) < 4.78 is 67.1. The summed E-state index contributed by atoms with van der Waals surface area (Å²) in [6, 6.07) is 11.8. The zero-order chi connectivity index (χ0) is 37.7. The van der Waals surface area contributed by atoms with Crippen molar-refractivity contribution in [2.45, 2.75) is 23.8 Å². The predicted octanol–water partition coefficient (Wildman–Crippen LogP) is 1.02. The van der Waals surface area contributed by atoms with Crippen molar-refractivity contribution in [3.8, 4) is 0 Å². The van der Waals surface area contributed by atoms with Gasteiger partial charge in [-0.1, -0.05) is 24.3 Å². The van der Waals surface area contributed by atoms with E-state index in [-0.39, 0.29) is 42.1 Å². The molecule has 2 aromatic carbocycles. The Balaban J connectivity index is 0.885. The highest BCUT2D eigenvalue weighted by molar-refractivity contribution is 7.86.